The van der Waals surface area contributed by atoms with Crippen LogP contribution in [0.5, 0.6) is 0 Å². The van der Waals surface area contributed by atoms with Crippen molar-refractivity contribution < 1.29 is 9.32 Å². The lowest BCUT2D eigenvalue weighted by Gasteiger charge is -2.20. The minimum absolute atomic E-state index is 0.0553. The number of hydrogen-bond donors (Lipinski definition) is 2. The van der Waals surface area contributed by atoms with Gasteiger partial charge in [0.2, 0.25) is 0 Å². The number of amides is 2. The number of carbonyl (C=O) groups excluding carboxylic acids is 1. The molecule has 2 aromatic rings. The molecule has 2 amide bonds. The average molecular weight is 299 g/mol. The molecule has 1 aliphatic rings. The summed E-state index contributed by atoms with van der Waals surface area (Å²) in [5.41, 5.74) is 4.00. The van der Waals surface area contributed by atoms with Crippen LogP contribution in [0.3, 0.4) is 0 Å². The van der Waals surface area contributed by atoms with Crippen LogP contribution in [0.2, 0.25) is 0 Å². The molecule has 5 nitrogen and oxygen atoms in total. The standard InChI is InChI=1S/C17H21N3O2/c1-11-9-16(20-22-11)19-17(21)18-12(2)14-8-7-13-5-3-4-6-15(13)10-14/h7-10,12H,3-6H2,1-2H3,(H2,18,19,20,21). The molecule has 1 aliphatic carbocycles. The second kappa shape index (κ2) is 6.22. The molecule has 3 rings (SSSR count). The normalized spacial score (nSPS) is 15.0. The number of hydrogen-bond acceptors (Lipinski definition) is 3. The summed E-state index contributed by atoms with van der Waals surface area (Å²) in [4.78, 5) is 12.0. The highest BCUT2D eigenvalue weighted by Gasteiger charge is 2.14. The Morgan fingerprint density at radius 3 is 2.73 bits per heavy atom. The summed E-state index contributed by atoms with van der Waals surface area (Å²) in [5.74, 6) is 1.09. The molecule has 116 valence electrons. The summed E-state index contributed by atoms with van der Waals surface area (Å²) < 4.78 is 4.92. The van der Waals surface area contributed by atoms with Crippen LogP contribution < -0.4 is 10.6 Å². The zero-order valence-corrected chi connectivity index (χ0v) is 13.0. The number of aromatic nitrogens is 1. The van der Waals surface area contributed by atoms with Gasteiger partial charge in [0.05, 0.1) is 6.04 Å². The Bertz CT molecular complexity index is 678. The van der Waals surface area contributed by atoms with Crippen molar-refractivity contribution in [3.63, 3.8) is 0 Å². The molecular weight excluding hydrogens is 278 g/mol. The van der Waals surface area contributed by atoms with Crippen LogP contribution >= 0.6 is 0 Å². The zero-order chi connectivity index (χ0) is 15.5. The molecule has 0 saturated carbocycles. The van der Waals surface area contributed by atoms with E-state index in [-0.39, 0.29) is 12.1 Å². The van der Waals surface area contributed by atoms with Gasteiger partial charge in [-0.05, 0) is 56.2 Å². The fraction of sp³-hybridized carbons (Fsp3) is 0.412. The van der Waals surface area contributed by atoms with E-state index in [0.29, 0.717) is 11.6 Å². The van der Waals surface area contributed by atoms with Gasteiger partial charge in [-0.3, -0.25) is 5.32 Å². The van der Waals surface area contributed by atoms with Crippen LogP contribution in [0.25, 0.3) is 0 Å². The lowest BCUT2D eigenvalue weighted by atomic mass is 9.89. The predicted molar refractivity (Wildman–Crippen MR) is 84.9 cm³/mol. The molecule has 1 aromatic heterocycles. The van der Waals surface area contributed by atoms with Crippen LogP contribution in [-0.2, 0) is 12.8 Å². The Labute approximate surface area is 130 Å². The number of nitrogens with one attached hydrogen (secondary N) is 2. The highest BCUT2D eigenvalue weighted by Crippen LogP contribution is 2.24. The largest absolute Gasteiger partial charge is 0.360 e. The van der Waals surface area contributed by atoms with Crippen molar-refractivity contribution in [1.82, 2.24) is 10.5 Å². The minimum Gasteiger partial charge on any atom is -0.360 e. The fourth-order valence-corrected chi connectivity index (χ4v) is 2.88. The van der Waals surface area contributed by atoms with Crippen LogP contribution in [0.1, 0.15) is 48.3 Å². The van der Waals surface area contributed by atoms with Crippen molar-refractivity contribution in [3.8, 4) is 0 Å². The Morgan fingerprint density at radius 2 is 2.00 bits per heavy atom. The van der Waals surface area contributed by atoms with Crippen LogP contribution in [0.4, 0.5) is 10.6 Å². The average Bonchev–Trinajstić information content (AvgIpc) is 2.91. The van der Waals surface area contributed by atoms with Crippen molar-refractivity contribution in [2.75, 3.05) is 5.32 Å². The Morgan fingerprint density at radius 1 is 1.23 bits per heavy atom. The van der Waals surface area contributed by atoms with E-state index < -0.39 is 0 Å². The van der Waals surface area contributed by atoms with E-state index in [1.165, 1.54) is 30.4 Å². The maximum Gasteiger partial charge on any atom is 0.320 e. The Hall–Kier alpha value is -2.30. The third kappa shape index (κ3) is 3.30. The SMILES string of the molecule is Cc1cc(NC(=O)NC(C)c2ccc3c(c2)CCCC3)no1. The third-order valence-electron chi connectivity index (χ3n) is 4.09. The molecule has 0 spiro atoms. The maximum atomic E-state index is 12.0. The quantitative estimate of drug-likeness (QED) is 0.907. The molecule has 1 heterocycles. The molecule has 0 radical (unpaired) electrons. The van der Waals surface area contributed by atoms with E-state index >= 15 is 0 Å². The predicted octanol–water partition coefficient (Wildman–Crippen LogP) is 3.74. The second-order valence-corrected chi connectivity index (χ2v) is 5.88. The van der Waals surface area contributed by atoms with Crippen molar-refractivity contribution in [3.05, 3.63) is 46.7 Å². The van der Waals surface area contributed by atoms with Gasteiger partial charge in [-0.25, -0.2) is 4.79 Å². The molecule has 1 unspecified atom stereocenters. The fourth-order valence-electron chi connectivity index (χ4n) is 2.88. The van der Waals surface area contributed by atoms with Gasteiger partial charge in [-0.2, -0.15) is 0 Å². The van der Waals surface area contributed by atoms with Crippen molar-refractivity contribution >= 4 is 11.8 Å². The number of rotatable bonds is 3. The first-order valence-electron chi connectivity index (χ1n) is 7.74. The Kier molecular flexibility index (Phi) is 4.13. The second-order valence-electron chi connectivity index (χ2n) is 5.88. The first-order chi connectivity index (χ1) is 10.6. The smallest absolute Gasteiger partial charge is 0.320 e. The summed E-state index contributed by atoms with van der Waals surface area (Å²) in [6.45, 7) is 3.77. The van der Waals surface area contributed by atoms with E-state index in [1.54, 1.807) is 13.0 Å². The highest BCUT2D eigenvalue weighted by molar-refractivity contribution is 5.88. The van der Waals surface area contributed by atoms with Gasteiger partial charge in [0.15, 0.2) is 5.82 Å². The number of aryl methyl sites for hydroxylation is 3. The van der Waals surface area contributed by atoms with E-state index in [4.69, 9.17) is 4.52 Å². The lowest BCUT2D eigenvalue weighted by Crippen LogP contribution is -2.31. The molecule has 1 atom stereocenters. The zero-order valence-electron chi connectivity index (χ0n) is 13.0. The van der Waals surface area contributed by atoms with Gasteiger partial charge in [-0.1, -0.05) is 23.4 Å². The highest BCUT2D eigenvalue weighted by atomic mass is 16.5. The van der Waals surface area contributed by atoms with E-state index in [2.05, 4.69) is 34.0 Å². The molecule has 22 heavy (non-hydrogen) atoms. The van der Waals surface area contributed by atoms with E-state index in [1.807, 2.05) is 6.92 Å². The molecule has 0 saturated heterocycles. The van der Waals surface area contributed by atoms with Crippen LogP contribution in [0, 0.1) is 6.92 Å². The number of carbonyl (C=O) groups is 1. The molecule has 2 N–H and O–H groups in total. The van der Waals surface area contributed by atoms with Gasteiger partial charge >= 0.3 is 6.03 Å². The maximum absolute atomic E-state index is 12.0. The monoisotopic (exact) mass is 299 g/mol. The van der Waals surface area contributed by atoms with Gasteiger partial charge in [0.1, 0.15) is 5.76 Å². The van der Waals surface area contributed by atoms with Gasteiger partial charge in [0, 0.05) is 6.07 Å². The molecule has 0 bridgehead atoms. The first-order valence-corrected chi connectivity index (χ1v) is 7.74. The number of nitrogens with zero attached hydrogens (tertiary/aromatic N) is 1. The molecule has 5 heteroatoms. The summed E-state index contributed by atoms with van der Waals surface area (Å²) >= 11 is 0. The molecular formula is C17H21N3O2. The summed E-state index contributed by atoms with van der Waals surface area (Å²) in [7, 11) is 0. The first kappa shape index (κ1) is 14.6. The number of anilines is 1. The summed E-state index contributed by atoms with van der Waals surface area (Å²) in [5, 5.41) is 9.35. The van der Waals surface area contributed by atoms with Crippen LogP contribution in [-0.4, -0.2) is 11.2 Å². The molecule has 0 fully saturated rings. The molecule has 0 aliphatic heterocycles. The molecule has 1 aromatic carbocycles. The Balaban J connectivity index is 1.63. The minimum atomic E-state index is -0.279. The van der Waals surface area contributed by atoms with E-state index in [9.17, 15) is 4.79 Å². The van der Waals surface area contributed by atoms with Crippen molar-refractivity contribution in [2.24, 2.45) is 0 Å². The van der Waals surface area contributed by atoms with Crippen LogP contribution in [0.15, 0.2) is 28.8 Å². The van der Waals surface area contributed by atoms with Gasteiger partial charge in [-0.15, -0.1) is 0 Å². The number of urea groups is 1. The number of fused-ring (bicyclic) bond motifs is 1. The van der Waals surface area contributed by atoms with E-state index in [0.717, 1.165) is 12.0 Å². The topological polar surface area (TPSA) is 67.2 Å². The van der Waals surface area contributed by atoms with Crippen molar-refractivity contribution in [2.45, 2.75) is 45.6 Å². The lowest BCUT2D eigenvalue weighted by molar-refractivity contribution is 0.249. The number of benzene rings is 1. The van der Waals surface area contributed by atoms with Gasteiger partial charge < -0.3 is 9.84 Å². The third-order valence-corrected chi connectivity index (χ3v) is 4.09. The van der Waals surface area contributed by atoms with Gasteiger partial charge in [0.25, 0.3) is 0 Å². The summed E-state index contributed by atoms with van der Waals surface area (Å²) in [6.07, 6.45) is 4.84. The summed E-state index contributed by atoms with van der Waals surface area (Å²) in [6, 6.07) is 7.87. The van der Waals surface area contributed by atoms with Crippen molar-refractivity contribution in [1.29, 1.82) is 0 Å².